The van der Waals surface area contributed by atoms with Crippen molar-refractivity contribution in [2.45, 2.75) is 81.2 Å². The zero-order chi connectivity index (χ0) is 32.2. The van der Waals surface area contributed by atoms with Gasteiger partial charge in [0.2, 0.25) is 6.71 Å². The van der Waals surface area contributed by atoms with Gasteiger partial charge in [0.15, 0.2) is 0 Å². The molecule has 0 spiro atoms. The van der Waals surface area contributed by atoms with Crippen molar-refractivity contribution in [1.82, 2.24) is 10.2 Å². The summed E-state index contributed by atoms with van der Waals surface area (Å²) in [6.07, 6.45) is 1.87. The van der Waals surface area contributed by atoms with Crippen LogP contribution in [-0.4, -0.2) is 63.0 Å². The highest BCUT2D eigenvalue weighted by Gasteiger charge is 2.14. The summed E-state index contributed by atoms with van der Waals surface area (Å²) < 4.78 is 15.0. The Morgan fingerprint density at radius 2 is 1.61 bits per heavy atom. The summed E-state index contributed by atoms with van der Waals surface area (Å²) in [5.74, 6) is 0.277. The van der Waals surface area contributed by atoms with E-state index in [1.807, 2.05) is 85.1 Å². The summed E-state index contributed by atoms with van der Waals surface area (Å²) in [4.78, 5) is 21.4. The molecule has 0 heterocycles. The molecule has 0 fully saturated rings. The first-order chi connectivity index (χ1) is 19.7. The number of anilines is 1. The van der Waals surface area contributed by atoms with Crippen LogP contribution in [0, 0.1) is 18.7 Å². The number of carbonyl (C=O) groups is 2. The third-order valence-electron chi connectivity index (χ3n) is 5.38. The van der Waals surface area contributed by atoms with Gasteiger partial charge in [0.1, 0.15) is 12.1 Å². The molecule has 0 aliphatic rings. The van der Waals surface area contributed by atoms with Gasteiger partial charge in [-0.25, -0.2) is 4.39 Å². The molecule has 5 N–H and O–H groups in total. The van der Waals surface area contributed by atoms with Gasteiger partial charge in [0.05, 0.1) is 12.8 Å². The molecule has 0 amide bonds. The van der Waals surface area contributed by atoms with Gasteiger partial charge in [0, 0.05) is 49.5 Å². The van der Waals surface area contributed by atoms with E-state index in [0.29, 0.717) is 49.5 Å². The van der Waals surface area contributed by atoms with E-state index in [1.54, 1.807) is 6.82 Å². The smallest absolute Gasteiger partial charge is 0.222 e. The van der Waals surface area contributed by atoms with Gasteiger partial charge >= 0.3 is 0 Å². The van der Waals surface area contributed by atoms with Crippen molar-refractivity contribution in [2.75, 3.05) is 39.1 Å². The average Bonchev–Trinajstić information content (AvgIpc) is 2.96. The molecule has 234 valence electrons. The molecule has 0 aliphatic carbocycles. The molecule has 0 radical (unpaired) electrons. The fourth-order valence-corrected chi connectivity index (χ4v) is 3.56. The van der Waals surface area contributed by atoms with Gasteiger partial charge < -0.3 is 31.1 Å². The van der Waals surface area contributed by atoms with Crippen molar-refractivity contribution >= 4 is 24.9 Å². The zero-order valence-corrected chi connectivity index (χ0v) is 27.4. The second-order valence-electron chi connectivity index (χ2n) is 9.42. The zero-order valence-electron chi connectivity index (χ0n) is 27.4. The third kappa shape index (κ3) is 20.0. The third-order valence-corrected chi connectivity index (χ3v) is 5.38. The maximum Gasteiger partial charge on any atom is 0.222 e. The van der Waals surface area contributed by atoms with Crippen LogP contribution in [0.1, 0.15) is 63.8 Å². The van der Waals surface area contributed by atoms with Crippen molar-refractivity contribution in [2.24, 2.45) is 11.7 Å². The van der Waals surface area contributed by atoms with Crippen LogP contribution in [0.5, 0.6) is 0 Å². The van der Waals surface area contributed by atoms with Gasteiger partial charge in [-0.15, -0.1) is 0 Å². The van der Waals surface area contributed by atoms with Crippen LogP contribution < -0.4 is 16.4 Å². The fourth-order valence-electron chi connectivity index (χ4n) is 3.56. The number of benzene rings is 2. The number of aliphatic hydroxyl groups excluding tert-OH is 1. The molecular formula is C32H58BFN4O3. The minimum Gasteiger partial charge on any atom is -0.395 e. The lowest BCUT2D eigenvalue weighted by atomic mass is 9.52. The SMILES string of the molecule is CB(C=O)CC=O.CC.CC.CNC.Cc1cccc(NCc2cccc(CN(CCO)CC(C)C)c2F)c1CN. The lowest BCUT2D eigenvalue weighted by molar-refractivity contribution is -0.106. The quantitative estimate of drug-likeness (QED) is 0.181. The number of rotatable bonds is 13. The molecule has 0 aromatic heterocycles. The van der Waals surface area contributed by atoms with Gasteiger partial charge in [-0.05, 0) is 50.5 Å². The lowest BCUT2D eigenvalue weighted by Crippen LogP contribution is -2.30. The Hall–Kier alpha value is -2.59. The molecule has 2 rings (SSSR count). The predicted octanol–water partition coefficient (Wildman–Crippen LogP) is 5.63. The van der Waals surface area contributed by atoms with E-state index in [4.69, 9.17) is 5.73 Å². The van der Waals surface area contributed by atoms with E-state index >= 15 is 4.39 Å². The normalized spacial score (nSPS) is 9.54. The molecule has 0 bridgehead atoms. The first-order valence-electron chi connectivity index (χ1n) is 14.8. The van der Waals surface area contributed by atoms with Crippen molar-refractivity contribution in [3.05, 3.63) is 64.5 Å². The number of halogens is 1. The molecule has 0 saturated carbocycles. The Balaban J connectivity index is -0.000000867. The molecule has 41 heavy (non-hydrogen) atoms. The molecule has 0 saturated heterocycles. The Labute approximate surface area is 250 Å². The lowest BCUT2D eigenvalue weighted by Gasteiger charge is -2.24. The minimum absolute atomic E-state index is 0.0742. The summed E-state index contributed by atoms with van der Waals surface area (Å²) >= 11 is 0. The molecular weight excluding hydrogens is 518 g/mol. The maximum atomic E-state index is 15.0. The van der Waals surface area contributed by atoms with Crippen LogP contribution in [-0.2, 0) is 29.2 Å². The van der Waals surface area contributed by atoms with Crippen molar-refractivity contribution in [3.8, 4) is 0 Å². The van der Waals surface area contributed by atoms with Crippen molar-refractivity contribution < 1.29 is 19.1 Å². The molecule has 0 atom stereocenters. The van der Waals surface area contributed by atoms with Crippen LogP contribution in [0.15, 0.2) is 36.4 Å². The van der Waals surface area contributed by atoms with E-state index in [9.17, 15) is 14.7 Å². The molecule has 2 aromatic carbocycles. The number of aryl methyl sites for hydroxylation is 1. The van der Waals surface area contributed by atoms with Crippen LogP contribution in [0.2, 0.25) is 13.1 Å². The summed E-state index contributed by atoms with van der Waals surface area (Å²) in [6, 6.07) is 11.5. The summed E-state index contributed by atoms with van der Waals surface area (Å²) in [7, 11) is 3.75. The summed E-state index contributed by atoms with van der Waals surface area (Å²) in [5.41, 5.74) is 10.3. The Kier molecular flexibility index (Phi) is 30.2. The van der Waals surface area contributed by atoms with Crippen LogP contribution >= 0.6 is 0 Å². The monoisotopic (exact) mass is 576 g/mol. The number of aldehydes is 1. The van der Waals surface area contributed by atoms with E-state index in [-0.39, 0.29) is 19.1 Å². The van der Waals surface area contributed by atoms with Gasteiger partial charge in [0.25, 0.3) is 0 Å². The Morgan fingerprint density at radius 1 is 1.05 bits per heavy atom. The highest BCUT2D eigenvalue weighted by molar-refractivity contribution is 6.84. The van der Waals surface area contributed by atoms with Crippen LogP contribution in [0.25, 0.3) is 0 Å². The second-order valence-corrected chi connectivity index (χ2v) is 9.42. The first-order valence-corrected chi connectivity index (χ1v) is 14.8. The number of nitrogens with zero attached hydrogens (tertiary/aromatic N) is 1. The number of hydrogen-bond acceptors (Lipinski definition) is 7. The molecule has 0 unspecified atom stereocenters. The van der Waals surface area contributed by atoms with Gasteiger partial charge in [-0.2, -0.15) is 0 Å². The Morgan fingerprint density at radius 3 is 2.07 bits per heavy atom. The average molecular weight is 577 g/mol. The molecule has 0 aliphatic heterocycles. The topological polar surface area (TPSA) is 108 Å². The van der Waals surface area contributed by atoms with E-state index in [0.717, 1.165) is 35.8 Å². The van der Waals surface area contributed by atoms with Gasteiger partial charge in [-0.3, -0.25) is 4.90 Å². The van der Waals surface area contributed by atoms with E-state index in [1.165, 1.54) is 0 Å². The largest absolute Gasteiger partial charge is 0.395 e. The van der Waals surface area contributed by atoms with Gasteiger partial charge in [-0.1, -0.05) is 78.7 Å². The van der Waals surface area contributed by atoms with Crippen molar-refractivity contribution in [1.29, 1.82) is 0 Å². The highest BCUT2D eigenvalue weighted by atomic mass is 19.1. The number of nitrogens with one attached hydrogen (secondary N) is 2. The predicted molar refractivity (Wildman–Crippen MR) is 177 cm³/mol. The van der Waals surface area contributed by atoms with Crippen LogP contribution in [0.3, 0.4) is 0 Å². The molecule has 9 heteroatoms. The molecule has 7 nitrogen and oxygen atoms in total. The molecule has 2 aromatic rings. The standard InChI is InChI=1S/C22H32FN3O.C4H7BO2.C2H7N.2C2H6/c1-16(2)14-26(10-11-27)15-19-8-5-7-18(22(19)23)13-25-21-9-4-6-17(3)20(21)12-24;1-5(4-7)2-3-6;1-3-2;2*1-2/h4-9,16,25,27H,10-15,24H2,1-3H3;3-4H,2H2,1H3;3H,1-2H3;2*1-2H3. The Bertz CT molecular complexity index is 917. The van der Waals surface area contributed by atoms with Crippen molar-refractivity contribution in [3.63, 3.8) is 0 Å². The second kappa shape index (κ2) is 28.9. The number of nitrogens with two attached hydrogens (primary N) is 1. The minimum atomic E-state index is -0.182. The summed E-state index contributed by atoms with van der Waals surface area (Å²) in [5, 5.41) is 15.4. The highest BCUT2D eigenvalue weighted by Crippen LogP contribution is 2.21. The maximum absolute atomic E-state index is 15.0. The van der Waals surface area contributed by atoms with E-state index < -0.39 is 0 Å². The fraction of sp³-hybridized carbons (Fsp3) is 0.562. The number of carbonyl (C=O) groups excluding carboxylic acids is 2. The number of aliphatic hydroxyl groups is 1. The van der Waals surface area contributed by atoms with Crippen LogP contribution in [0.4, 0.5) is 10.1 Å². The number of hydrogen-bond donors (Lipinski definition) is 4. The van der Waals surface area contributed by atoms with E-state index in [2.05, 4.69) is 29.4 Å². The first kappa shape index (κ1) is 42.9. The summed E-state index contributed by atoms with van der Waals surface area (Å²) in [6.45, 7) is 18.7.